The molecule has 0 radical (unpaired) electrons. The second kappa shape index (κ2) is 5.52. The molecule has 1 fully saturated rings. The van der Waals surface area contributed by atoms with Gasteiger partial charge in [0.2, 0.25) is 0 Å². The largest absolute Gasteiger partial charge is 0.489 e. The van der Waals surface area contributed by atoms with Gasteiger partial charge in [0.25, 0.3) is 0 Å². The van der Waals surface area contributed by atoms with Gasteiger partial charge in [0.1, 0.15) is 11.9 Å². The average molecular weight is 295 g/mol. The Kier molecular flexibility index (Phi) is 4.03. The number of hydrogen-bond acceptors (Lipinski definition) is 3. The Bertz CT molecular complexity index is 442. The minimum Gasteiger partial charge on any atom is -0.489 e. The van der Waals surface area contributed by atoms with Gasteiger partial charge in [-0.05, 0) is 59.8 Å². The molecule has 0 heterocycles. The molecule has 1 aliphatic carbocycles. The lowest BCUT2D eigenvalue weighted by atomic mass is 9.93. The van der Waals surface area contributed by atoms with Crippen molar-refractivity contribution in [1.29, 1.82) is 5.26 Å². The van der Waals surface area contributed by atoms with Gasteiger partial charge in [0.15, 0.2) is 0 Å². The molecular weight excluding hydrogens is 280 g/mol. The lowest BCUT2D eigenvalue weighted by Gasteiger charge is -2.27. The van der Waals surface area contributed by atoms with Crippen molar-refractivity contribution in [2.75, 3.05) is 0 Å². The van der Waals surface area contributed by atoms with Gasteiger partial charge in [-0.15, -0.1) is 0 Å². The molecule has 0 saturated heterocycles. The molecular formula is C13H15BrN2O. The zero-order chi connectivity index (χ0) is 12.3. The smallest absolute Gasteiger partial charge is 0.133 e. The van der Waals surface area contributed by atoms with E-state index in [1.54, 1.807) is 12.1 Å². The molecule has 0 amide bonds. The normalized spacial score (nSPS) is 24.1. The lowest BCUT2D eigenvalue weighted by Crippen LogP contribution is -2.33. The molecule has 1 aromatic rings. The highest BCUT2D eigenvalue weighted by molar-refractivity contribution is 9.10. The Labute approximate surface area is 110 Å². The van der Waals surface area contributed by atoms with Crippen molar-refractivity contribution < 1.29 is 4.74 Å². The zero-order valence-corrected chi connectivity index (χ0v) is 11.1. The van der Waals surface area contributed by atoms with Crippen molar-refractivity contribution in [1.82, 2.24) is 0 Å². The SMILES string of the molecule is N#Cc1ccc(OC2CCCC(N)C2)c(Br)c1. The van der Waals surface area contributed by atoms with Crippen molar-refractivity contribution in [3.8, 4) is 11.8 Å². The van der Waals surface area contributed by atoms with E-state index in [0.29, 0.717) is 5.56 Å². The Balaban J connectivity index is 2.06. The van der Waals surface area contributed by atoms with E-state index in [4.69, 9.17) is 15.7 Å². The third-order valence-electron chi connectivity index (χ3n) is 3.02. The quantitative estimate of drug-likeness (QED) is 0.912. The van der Waals surface area contributed by atoms with Gasteiger partial charge in [-0.25, -0.2) is 0 Å². The van der Waals surface area contributed by atoms with Crippen molar-refractivity contribution in [2.24, 2.45) is 5.73 Å². The van der Waals surface area contributed by atoms with Crippen LogP contribution in [-0.2, 0) is 0 Å². The van der Waals surface area contributed by atoms with Gasteiger partial charge in [-0.2, -0.15) is 5.26 Å². The fourth-order valence-electron chi connectivity index (χ4n) is 2.13. The maximum Gasteiger partial charge on any atom is 0.133 e. The van der Waals surface area contributed by atoms with Crippen molar-refractivity contribution in [3.63, 3.8) is 0 Å². The van der Waals surface area contributed by atoms with E-state index in [0.717, 1.165) is 35.9 Å². The predicted molar refractivity (Wildman–Crippen MR) is 69.7 cm³/mol. The summed E-state index contributed by atoms with van der Waals surface area (Å²) in [6, 6.07) is 7.73. The molecule has 2 rings (SSSR count). The van der Waals surface area contributed by atoms with Crippen molar-refractivity contribution in [2.45, 2.75) is 37.8 Å². The van der Waals surface area contributed by atoms with Gasteiger partial charge in [0.05, 0.1) is 16.1 Å². The maximum absolute atomic E-state index is 8.78. The van der Waals surface area contributed by atoms with Crippen LogP contribution in [0.3, 0.4) is 0 Å². The van der Waals surface area contributed by atoms with E-state index in [2.05, 4.69) is 22.0 Å². The van der Waals surface area contributed by atoms with Crippen LogP contribution in [0.5, 0.6) is 5.75 Å². The molecule has 2 atom stereocenters. The summed E-state index contributed by atoms with van der Waals surface area (Å²) < 4.78 is 6.75. The van der Waals surface area contributed by atoms with Gasteiger partial charge in [-0.3, -0.25) is 0 Å². The van der Waals surface area contributed by atoms with Crippen molar-refractivity contribution in [3.05, 3.63) is 28.2 Å². The molecule has 2 unspecified atom stereocenters. The molecule has 17 heavy (non-hydrogen) atoms. The fourth-order valence-corrected chi connectivity index (χ4v) is 2.61. The van der Waals surface area contributed by atoms with Crippen LogP contribution < -0.4 is 10.5 Å². The number of ether oxygens (including phenoxy) is 1. The predicted octanol–water partition coefficient (Wildman–Crippen LogP) is 2.97. The third-order valence-corrected chi connectivity index (χ3v) is 3.64. The first-order valence-corrected chi connectivity index (χ1v) is 6.60. The molecule has 1 aliphatic rings. The molecule has 0 aliphatic heterocycles. The van der Waals surface area contributed by atoms with Crippen LogP contribution in [0, 0.1) is 11.3 Å². The molecule has 90 valence electrons. The maximum atomic E-state index is 8.78. The Morgan fingerprint density at radius 3 is 2.88 bits per heavy atom. The first-order valence-electron chi connectivity index (χ1n) is 5.81. The van der Waals surface area contributed by atoms with Crippen LogP contribution in [-0.4, -0.2) is 12.1 Å². The second-order valence-electron chi connectivity index (χ2n) is 4.42. The van der Waals surface area contributed by atoms with Crippen LogP contribution in [0.25, 0.3) is 0 Å². The summed E-state index contributed by atoms with van der Waals surface area (Å²) in [5, 5.41) is 8.78. The van der Waals surface area contributed by atoms with E-state index < -0.39 is 0 Å². The Morgan fingerprint density at radius 1 is 1.41 bits per heavy atom. The number of nitriles is 1. The summed E-state index contributed by atoms with van der Waals surface area (Å²) in [6.45, 7) is 0. The van der Waals surface area contributed by atoms with Gasteiger partial charge >= 0.3 is 0 Å². The number of halogens is 1. The number of rotatable bonds is 2. The highest BCUT2D eigenvalue weighted by Gasteiger charge is 2.21. The summed E-state index contributed by atoms with van der Waals surface area (Å²) in [4.78, 5) is 0. The van der Waals surface area contributed by atoms with Gasteiger partial charge in [-0.1, -0.05) is 0 Å². The van der Waals surface area contributed by atoms with Gasteiger partial charge in [0, 0.05) is 6.04 Å². The summed E-state index contributed by atoms with van der Waals surface area (Å²) in [5.74, 6) is 0.795. The van der Waals surface area contributed by atoms with Crippen molar-refractivity contribution >= 4 is 15.9 Å². The molecule has 0 aromatic heterocycles. The van der Waals surface area contributed by atoms with Crippen LogP contribution >= 0.6 is 15.9 Å². The Hall–Kier alpha value is -1.05. The standard InChI is InChI=1S/C13H15BrN2O/c14-12-6-9(8-15)4-5-13(12)17-11-3-1-2-10(16)7-11/h4-6,10-11H,1-3,7,16H2. The first-order chi connectivity index (χ1) is 8.19. The topological polar surface area (TPSA) is 59.0 Å². The minimum atomic E-state index is 0.197. The van der Waals surface area contributed by atoms with Crippen LogP contribution in [0.2, 0.25) is 0 Å². The van der Waals surface area contributed by atoms with Crippen LogP contribution in [0.15, 0.2) is 22.7 Å². The summed E-state index contributed by atoms with van der Waals surface area (Å²) in [5.41, 5.74) is 6.56. The Morgan fingerprint density at radius 2 is 2.24 bits per heavy atom. The molecule has 1 saturated carbocycles. The summed E-state index contributed by atoms with van der Waals surface area (Å²) in [6.07, 6.45) is 4.38. The lowest BCUT2D eigenvalue weighted by molar-refractivity contribution is 0.143. The minimum absolute atomic E-state index is 0.197. The van der Waals surface area contributed by atoms with Crippen LogP contribution in [0.1, 0.15) is 31.2 Å². The molecule has 0 spiro atoms. The highest BCUT2D eigenvalue weighted by Crippen LogP contribution is 2.29. The monoisotopic (exact) mass is 294 g/mol. The molecule has 0 bridgehead atoms. The summed E-state index contributed by atoms with van der Waals surface area (Å²) >= 11 is 3.42. The first kappa shape index (κ1) is 12.4. The number of nitrogens with two attached hydrogens (primary N) is 1. The molecule has 3 nitrogen and oxygen atoms in total. The van der Waals surface area contributed by atoms with E-state index in [-0.39, 0.29) is 12.1 Å². The number of nitrogens with zero attached hydrogens (tertiary/aromatic N) is 1. The van der Waals surface area contributed by atoms with Gasteiger partial charge < -0.3 is 10.5 Å². The second-order valence-corrected chi connectivity index (χ2v) is 5.28. The summed E-state index contributed by atoms with van der Waals surface area (Å²) in [7, 11) is 0. The van der Waals surface area contributed by atoms with E-state index in [9.17, 15) is 0 Å². The molecule has 2 N–H and O–H groups in total. The molecule has 4 heteroatoms. The van der Waals surface area contributed by atoms with Crippen LogP contribution in [0.4, 0.5) is 0 Å². The highest BCUT2D eigenvalue weighted by atomic mass is 79.9. The third kappa shape index (κ3) is 3.21. The van der Waals surface area contributed by atoms with E-state index in [1.807, 2.05) is 6.07 Å². The molecule has 1 aromatic carbocycles. The zero-order valence-electron chi connectivity index (χ0n) is 9.53. The average Bonchev–Trinajstić information content (AvgIpc) is 2.32. The number of benzene rings is 1. The van der Waals surface area contributed by atoms with E-state index in [1.165, 1.54) is 0 Å². The number of hydrogen-bond donors (Lipinski definition) is 1. The van der Waals surface area contributed by atoms with E-state index >= 15 is 0 Å². The fraction of sp³-hybridized carbons (Fsp3) is 0.462.